The smallest absolute Gasteiger partial charge is 0.225 e. The highest BCUT2D eigenvalue weighted by Crippen LogP contribution is 2.32. The lowest BCUT2D eigenvalue weighted by atomic mass is 9.89. The van der Waals surface area contributed by atoms with Gasteiger partial charge in [0.15, 0.2) is 0 Å². The van der Waals surface area contributed by atoms with Crippen molar-refractivity contribution in [2.24, 2.45) is 17.4 Å². The van der Waals surface area contributed by atoms with Crippen molar-refractivity contribution in [3.05, 3.63) is 12.2 Å². The van der Waals surface area contributed by atoms with Crippen LogP contribution in [0.3, 0.4) is 0 Å². The summed E-state index contributed by atoms with van der Waals surface area (Å²) in [4.78, 5) is 10.8. The molecule has 4 N–H and O–H groups in total. The van der Waals surface area contributed by atoms with E-state index in [4.69, 9.17) is 16.2 Å². The van der Waals surface area contributed by atoms with E-state index in [1.165, 1.54) is 0 Å². The molecule has 1 amide bonds. The third-order valence-corrected chi connectivity index (χ3v) is 2.28. The Labute approximate surface area is 76.3 Å². The topological polar surface area (TPSA) is 78.3 Å². The quantitative estimate of drug-likeness (QED) is 0.530. The molecule has 4 atom stereocenters. The van der Waals surface area contributed by atoms with Crippen molar-refractivity contribution in [1.82, 2.24) is 0 Å². The fraction of sp³-hybridized carbons (Fsp3) is 0.571. The van der Waals surface area contributed by atoms with Crippen LogP contribution in [0.2, 0.25) is 0 Å². The Hall–Kier alpha value is -0.580. The fourth-order valence-corrected chi connectivity index (χ4v) is 1.69. The van der Waals surface area contributed by atoms with E-state index in [0.717, 1.165) is 0 Å². The predicted molar refractivity (Wildman–Crippen MR) is 45.7 cm³/mol. The molecule has 2 heterocycles. The van der Waals surface area contributed by atoms with Crippen molar-refractivity contribution in [2.45, 2.75) is 18.2 Å². The van der Waals surface area contributed by atoms with E-state index in [2.05, 4.69) is 0 Å². The predicted octanol–water partition coefficient (Wildman–Crippen LogP) is -0.826. The molecule has 5 heteroatoms. The second-order valence-corrected chi connectivity index (χ2v) is 2.96. The maximum Gasteiger partial charge on any atom is 0.225 e. The molecule has 2 bridgehead atoms. The molecule has 2 rings (SSSR count). The molecule has 0 unspecified atom stereocenters. The average molecular weight is 191 g/mol. The van der Waals surface area contributed by atoms with Gasteiger partial charge in [-0.1, -0.05) is 12.2 Å². The normalized spacial score (nSPS) is 42.8. The minimum atomic E-state index is -0.366. The van der Waals surface area contributed by atoms with Crippen molar-refractivity contribution in [2.75, 3.05) is 0 Å². The molecule has 0 saturated carbocycles. The van der Waals surface area contributed by atoms with E-state index in [1.807, 2.05) is 12.2 Å². The number of ether oxygens (including phenoxy) is 1. The van der Waals surface area contributed by atoms with Crippen LogP contribution in [0.15, 0.2) is 12.2 Å². The molecule has 12 heavy (non-hydrogen) atoms. The van der Waals surface area contributed by atoms with E-state index in [1.54, 1.807) is 0 Å². The Morgan fingerprint density at radius 1 is 1.33 bits per heavy atom. The minimum absolute atomic E-state index is 0. The van der Waals surface area contributed by atoms with Crippen LogP contribution in [-0.4, -0.2) is 24.2 Å². The minimum Gasteiger partial charge on any atom is -0.369 e. The number of carbonyl (C=O) groups is 1. The van der Waals surface area contributed by atoms with E-state index < -0.39 is 0 Å². The Bertz CT molecular complexity index is 231. The van der Waals surface area contributed by atoms with Gasteiger partial charge in [0, 0.05) is 6.04 Å². The van der Waals surface area contributed by atoms with Crippen LogP contribution in [0.4, 0.5) is 0 Å². The highest BCUT2D eigenvalue weighted by Gasteiger charge is 2.46. The maximum atomic E-state index is 10.8. The number of nitrogens with two attached hydrogens (primary N) is 2. The van der Waals surface area contributed by atoms with E-state index in [-0.39, 0.29) is 42.5 Å². The van der Waals surface area contributed by atoms with Gasteiger partial charge in [0.25, 0.3) is 0 Å². The zero-order chi connectivity index (χ0) is 8.01. The van der Waals surface area contributed by atoms with Crippen LogP contribution in [0, 0.1) is 5.92 Å². The van der Waals surface area contributed by atoms with Gasteiger partial charge in [-0.15, -0.1) is 12.4 Å². The molecule has 2 aliphatic heterocycles. The first-order chi connectivity index (χ1) is 5.20. The second kappa shape index (κ2) is 3.05. The number of halogens is 1. The third kappa shape index (κ3) is 1.12. The Kier molecular flexibility index (Phi) is 2.41. The van der Waals surface area contributed by atoms with Gasteiger partial charge >= 0.3 is 0 Å². The van der Waals surface area contributed by atoms with Crippen LogP contribution in [-0.2, 0) is 9.53 Å². The number of amides is 1. The summed E-state index contributed by atoms with van der Waals surface area (Å²) in [6.07, 6.45) is 3.46. The number of hydrogen-bond donors (Lipinski definition) is 2. The lowest BCUT2D eigenvalue weighted by molar-refractivity contribution is -0.122. The lowest BCUT2D eigenvalue weighted by Crippen LogP contribution is -2.44. The zero-order valence-electron chi connectivity index (χ0n) is 6.34. The molecule has 2 aliphatic rings. The van der Waals surface area contributed by atoms with Crippen LogP contribution in [0.5, 0.6) is 0 Å². The van der Waals surface area contributed by atoms with Gasteiger partial charge in [-0.05, 0) is 0 Å². The van der Waals surface area contributed by atoms with Crippen molar-refractivity contribution in [1.29, 1.82) is 0 Å². The van der Waals surface area contributed by atoms with Crippen LogP contribution in [0.1, 0.15) is 0 Å². The summed E-state index contributed by atoms with van der Waals surface area (Å²) in [5, 5.41) is 0. The number of hydrogen-bond acceptors (Lipinski definition) is 3. The largest absolute Gasteiger partial charge is 0.369 e. The monoisotopic (exact) mass is 190 g/mol. The van der Waals surface area contributed by atoms with Gasteiger partial charge in [0.2, 0.25) is 5.91 Å². The first-order valence-corrected chi connectivity index (χ1v) is 3.59. The molecular weight excluding hydrogens is 180 g/mol. The molecule has 0 aromatic heterocycles. The summed E-state index contributed by atoms with van der Waals surface area (Å²) in [5.74, 6) is -0.695. The Morgan fingerprint density at radius 2 is 1.92 bits per heavy atom. The maximum absolute atomic E-state index is 10.8. The van der Waals surface area contributed by atoms with Crippen molar-refractivity contribution in [3.8, 4) is 0 Å². The number of carbonyl (C=O) groups excluding carboxylic acids is 1. The van der Waals surface area contributed by atoms with E-state index in [9.17, 15) is 4.79 Å². The number of fused-ring (bicyclic) bond motifs is 2. The average Bonchev–Trinajstić information content (AvgIpc) is 2.44. The first kappa shape index (κ1) is 9.51. The molecule has 0 aromatic rings. The van der Waals surface area contributed by atoms with Crippen LogP contribution >= 0.6 is 12.4 Å². The van der Waals surface area contributed by atoms with Crippen molar-refractivity contribution in [3.63, 3.8) is 0 Å². The highest BCUT2D eigenvalue weighted by atomic mass is 35.5. The van der Waals surface area contributed by atoms with Gasteiger partial charge in [-0.3, -0.25) is 4.79 Å². The summed E-state index contributed by atoms with van der Waals surface area (Å²) in [7, 11) is 0. The summed E-state index contributed by atoms with van der Waals surface area (Å²) >= 11 is 0. The second-order valence-electron chi connectivity index (χ2n) is 2.96. The Balaban J connectivity index is 0.000000720. The SMILES string of the molecule is Cl.NC(=O)[C@H]1[C@@H](N)[C@@H]2C=C[C@H]1O2. The first-order valence-electron chi connectivity index (χ1n) is 3.59. The molecule has 1 saturated heterocycles. The fourth-order valence-electron chi connectivity index (χ4n) is 1.69. The summed E-state index contributed by atoms with van der Waals surface area (Å²) in [6, 6.07) is -0.248. The van der Waals surface area contributed by atoms with Crippen LogP contribution in [0.25, 0.3) is 0 Å². The molecule has 0 aliphatic carbocycles. The molecule has 4 nitrogen and oxygen atoms in total. The van der Waals surface area contributed by atoms with Gasteiger partial charge in [0.1, 0.15) is 0 Å². The standard InChI is InChI=1S/C7H10N2O2.ClH/c8-6-4-2-1-3(11-4)5(6)7(9)10;/h1-6H,8H2,(H2,9,10);1H/t3-,4+,5-,6+;/m1./s1. The molecule has 1 fully saturated rings. The Morgan fingerprint density at radius 3 is 2.25 bits per heavy atom. The molecular formula is C7H11ClN2O2. The molecule has 0 radical (unpaired) electrons. The molecule has 68 valence electrons. The zero-order valence-corrected chi connectivity index (χ0v) is 7.16. The summed E-state index contributed by atoms with van der Waals surface area (Å²) < 4.78 is 5.32. The number of rotatable bonds is 1. The van der Waals surface area contributed by atoms with Crippen molar-refractivity contribution >= 4 is 18.3 Å². The van der Waals surface area contributed by atoms with E-state index >= 15 is 0 Å². The molecule has 0 spiro atoms. The highest BCUT2D eigenvalue weighted by molar-refractivity contribution is 5.85. The van der Waals surface area contributed by atoms with Gasteiger partial charge < -0.3 is 16.2 Å². The third-order valence-electron chi connectivity index (χ3n) is 2.28. The van der Waals surface area contributed by atoms with Gasteiger partial charge in [0.05, 0.1) is 18.1 Å². The summed E-state index contributed by atoms with van der Waals surface area (Å²) in [5.41, 5.74) is 10.8. The van der Waals surface area contributed by atoms with Gasteiger partial charge in [-0.2, -0.15) is 0 Å². The van der Waals surface area contributed by atoms with E-state index in [0.29, 0.717) is 0 Å². The molecule has 0 aromatic carbocycles. The van der Waals surface area contributed by atoms with Crippen LogP contribution < -0.4 is 11.5 Å². The number of primary amides is 1. The summed E-state index contributed by atoms with van der Waals surface area (Å²) in [6.45, 7) is 0. The van der Waals surface area contributed by atoms with Gasteiger partial charge in [-0.25, -0.2) is 0 Å². The van der Waals surface area contributed by atoms with Crippen molar-refractivity contribution < 1.29 is 9.53 Å². The lowest BCUT2D eigenvalue weighted by Gasteiger charge is -2.17.